The summed E-state index contributed by atoms with van der Waals surface area (Å²) in [6.45, 7) is 0.146. The van der Waals surface area contributed by atoms with E-state index in [4.69, 9.17) is 5.26 Å². The molecule has 1 amide bonds. The van der Waals surface area contributed by atoms with E-state index in [1.165, 1.54) is 0 Å². The zero-order valence-corrected chi connectivity index (χ0v) is 8.53. The van der Waals surface area contributed by atoms with Crippen LogP contribution >= 0.6 is 0 Å². The second kappa shape index (κ2) is 5.78. The van der Waals surface area contributed by atoms with Crippen molar-refractivity contribution in [3.63, 3.8) is 0 Å². The SMILES string of the molecule is CNC(=O)C(NCC#N)c1ccccc1. The van der Waals surface area contributed by atoms with Crippen molar-refractivity contribution >= 4 is 5.91 Å². The normalized spacial score (nSPS) is 11.5. The van der Waals surface area contributed by atoms with E-state index < -0.39 is 6.04 Å². The first-order valence-corrected chi connectivity index (χ1v) is 4.66. The van der Waals surface area contributed by atoms with E-state index in [1.807, 2.05) is 36.4 Å². The number of nitriles is 1. The van der Waals surface area contributed by atoms with Gasteiger partial charge in [0.1, 0.15) is 6.04 Å². The monoisotopic (exact) mass is 203 g/mol. The Kier molecular flexibility index (Phi) is 4.32. The fourth-order valence-corrected chi connectivity index (χ4v) is 1.30. The van der Waals surface area contributed by atoms with Crippen molar-refractivity contribution in [3.05, 3.63) is 35.9 Å². The van der Waals surface area contributed by atoms with Crippen molar-refractivity contribution in [2.24, 2.45) is 0 Å². The minimum atomic E-state index is -0.462. The first-order chi connectivity index (χ1) is 7.29. The number of likely N-dealkylation sites (N-methyl/N-ethyl adjacent to an activating group) is 1. The Balaban J connectivity index is 2.82. The second-order valence-corrected chi connectivity index (χ2v) is 3.00. The summed E-state index contributed by atoms with van der Waals surface area (Å²) in [6, 6.07) is 10.8. The molecule has 78 valence electrons. The van der Waals surface area contributed by atoms with Crippen molar-refractivity contribution in [1.29, 1.82) is 5.26 Å². The highest BCUT2D eigenvalue weighted by atomic mass is 16.2. The molecule has 0 saturated carbocycles. The molecule has 0 spiro atoms. The lowest BCUT2D eigenvalue weighted by Crippen LogP contribution is -2.35. The summed E-state index contributed by atoms with van der Waals surface area (Å²) < 4.78 is 0. The molecule has 0 heterocycles. The highest BCUT2D eigenvalue weighted by Gasteiger charge is 2.17. The lowest BCUT2D eigenvalue weighted by molar-refractivity contribution is -0.122. The number of rotatable bonds is 4. The Hall–Kier alpha value is -1.86. The van der Waals surface area contributed by atoms with Gasteiger partial charge < -0.3 is 5.32 Å². The number of hydrogen-bond donors (Lipinski definition) is 2. The Morgan fingerprint density at radius 1 is 1.47 bits per heavy atom. The van der Waals surface area contributed by atoms with Crippen LogP contribution in [0.25, 0.3) is 0 Å². The minimum Gasteiger partial charge on any atom is -0.358 e. The summed E-state index contributed by atoms with van der Waals surface area (Å²) in [7, 11) is 1.58. The van der Waals surface area contributed by atoms with E-state index in [0.29, 0.717) is 0 Å². The average Bonchev–Trinajstić information content (AvgIpc) is 2.30. The van der Waals surface area contributed by atoms with Crippen LogP contribution in [0.3, 0.4) is 0 Å². The van der Waals surface area contributed by atoms with Gasteiger partial charge in [-0.1, -0.05) is 30.3 Å². The molecule has 1 aromatic carbocycles. The van der Waals surface area contributed by atoms with Crippen molar-refractivity contribution < 1.29 is 4.79 Å². The van der Waals surface area contributed by atoms with E-state index in [-0.39, 0.29) is 12.5 Å². The standard InChI is InChI=1S/C11H13N3O/c1-13-11(15)10(14-8-7-12)9-5-3-2-4-6-9/h2-6,10,14H,8H2,1H3,(H,13,15). The van der Waals surface area contributed by atoms with Crippen LogP contribution in [-0.4, -0.2) is 19.5 Å². The Morgan fingerprint density at radius 2 is 2.13 bits per heavy atom. The molecule has 4 heteroatoms. The van der Waals surface area contributed by atoms with Gasteiger partial charge in [0.05, 0.1) is 12.6 Å². The molecule has 0 aliphatic carbocycles. The fraction of sp³-hybridized carbons (Fsp3) is 0.273. The van der Waals surface area contributed by atoms with Crippen LogP contribution in [0.15, 0.2) is 30.3 Å². The van der Waals surface area contributed by atoms with Crippen LogP contribution in [0.5, 0.6) is 0 Å². The van der Waals surface area contributed by atoms with Gasteiger partial charge in [0.15, 0.2) is 0 Å². The van der Waals surface area contributed by atoms with Crippen LogP contribution < -0.4 is 10.6 Å². The topological polar surface area (TPSA) is 64.9 Å². The van der Waals surface area contributed by atoms with Gasteiger partial charge in [-0.2, -0.15) is 5.26 Å². The summed E-state index contributed by atoms with van der Waals surface area (Å²) >= 11 is 0. The molecular weight excluding hydrogens is 190 g/mol. The number of nitrogens with zero attached hydrogens (tertiary/aromatic N) is 1. The lowest BCUT2D eigenvalue weighted by atomic mass is 10.1. The van der Waals surface area contributed by atoms with Gasteiger partial charge >= 0.3 is 0 Å². The highest BCUT2D eigenvalue weighted by molar-refractivity contribution is 5.82. The number of amides is 1. The largest absolute Gasteiger partial charge is 0.358 e. The fourth-order valence-electron chi connectivity index (χ4n) is 1.30. The molecule has 0 saturated heterocycles. The molecule has 4 nitrogen and oxygen atoms in total. The zero-order valence-electron chi connectivity index (χ0n) is 8.53. The maximum atomic E-state index is 11.5. The molecule has 1 rings (SSSR count). The molecule has 0 aliphatic heterocycles. The maximum Gasteiger partial charge on any atom is 0.241 e. The Bertz CT molecular complexity index is 356. The molecule has 0 aromatic heterocycles. The van der Waals surface area contributed by atoms with Gasteiger partial charge in [0, 0.05) is 7.05 Å². The number of benzene rings is 1. The molecule has 1 atom stereocenters. The summed E-state index contributed by atoms with van der Waals surface area (Å²) in [5.41, 5.74) is 0.854. The third kappa shape index (κ3) is 3.08. The predicted octanol–water partition coefficient (Wildman–Crippen LogP) is 0.587. The molecule has 15 heavy (non-hydrogen) atoms. The molecule has 0 radical (unpaired) electrons. The molecule has 2 N–H and O–H groups in total. The summed E-state index contributed by atoms with van der Waals surface area (Å²) in [6.07, 6.45) is 0. The molecule has 1 aromatic rings. The van der Waals surface area contributed by atoms with E-state index in [9.17, 15) is 4.79 Å². The van der Waals surface area contributed by atoms with Crippen LogP contribution in [0.2, 0.25) is 0 Å². The number of carbonyl (C=O) groups excluding carboxylic acids is 1. The third-order valence-corrected chi connectivity index (χ3v) is 2.03. The summed E-state index contributed by atoms with van der Waals surface area (Å²) in [5, 5.41) is 13.9. The molecule has 0 bridgehead atoms. The van der Waals surface area contributed by atoms with Crippen LogP contribution in [0, 0.1) is 11.3 Å². The number of carbonyl (C=O) groups is 1. The number of hydrogen-bond acceptors (Lipinski definition) is 3. The minimum absolute atomic E-state index is 0.142. The van der Waals surface area contributed by atoms with Crippen LogP contribution in [0.4, 0.5) is 0 Å². The summed E-state index contributed by atoms with van der Waals surface area (Å²) in [4.78, 5) is 11.5. The lowest BCUT2D eigenvalue weighted by Gasteiger charge is -2.15. The zero-order chi connectivity index (χ0) is 11.1. The smallest absolute Gasteiger partial charge is 0.241 e. The summed E-state index contributed by atoms with van der Waals surface area (Å²) in [5.74, 6) is -0.142. The highest BCUT2D eigenvalue weighted by Crippen LogP contribution is 2.11. The van der Waals surface area contributed by atoms with Gasteiger partial charge in [0.25, 0.3) is 0 Å². The average molecular weight is 203 g/mol. The predicted molar refractivity (Wildman–Crippen MR) is 56.9 cm³/mol. The number of nitrogens with one attached hydrogen (secondary N) is 2. The molecule has 0 aliphatic rings. The Morgan fingerprint density at radius 3 is 2.67 bits per heavy atom. The van der Waals surface area contributed by atoms with E-state index >= 15 is 0 Å². The third-order valence-electron chi connectivity index (χ3n) is 2.03. The first-order valence-electron chi connectivity index (χ1n) is 4.66. The maximum absolute atomic E-state index is 11.5. The quantitative estimate of drug-likeness (QED) is 0.704. The van der Waals surface area contributed by atoms with Gasteiger partial charge in [-0.25, -0.2) is 0 Å². The van der Waals surface area contributed by atoms with Crippen molar-refractivity contribution in [2.45, 2.75) is 6.04 Å². The van der Waals surface area contributed by atoms with Gasteiger partial charge in [-0.3, -0.25) is 10.1 Å². The Labute approximate surface area is 88.9 Å². The first kappa shape index (κ1) is 11.2. The second-order valence-electron chi connectivity index (χ2n) is 3.00. The van der Waals surface area contributed by atoms with Crippen molar-refractivity contribution in [1.82, 2.24) is 10.6 Å². The molecular formula is C11H13N3O. The van der Waals surface area contributed by atoms with Gasteiger partial charge in [-0.05, 0) is 5.56 Å². The van der Waals surface area contributed by atoms with Crippen LogP contribution in [-0.2, 0) is 4.79 Å². The molecule has 1 unspecified atom stereocenters. The van der Waals surface area contributed by atoms with Crippen molar-refractivity contribution in [3.8, 4) is 6.07 Å². The van der Waals surface area contributed by atoms with E-state index in [2.05, 4.69) is 10.6 Å². The van der Waals surface area contributed by atoms with E-state index in [0.717, 1.165) is 5.56 Å². The van der Waals surface area contributed by atoms with Crippen molar-refractivity contribution in [2.75, 3.05) is 13.6 Å². The van der Waals surface area contributed by atoms with Gasteiger partial charge in [-0.15, -0.1) is 0 Å². The van der Waals surface area contributed by atoms with Gasteiger partial charge in [0.2, 0.25) is 5.91 Å². The molecule has 0 fully saturated rings. The van der Waals surface area contributed by atoms with E-state index in [1.54, 1.807) is 7.05 Å². The van der Waals surface area contributed by atoms with Crippen LogP contribution in [0.1, 0.15) is 11.6 Å².